The van der Waals surface area contributed by atoms with E-state index in [1.807, 2.05) is 0 Å². The van der Waals surface area contributed by atoms with E-state index in [-0.39, 0.29) is 5.56 Å². The number of rotatable bonds is 5. The number of carbonyl (C=O) groups is 1. The van der Waals surface area contributed by atoms with Crippen molar-refractivity contribution in [2.45, 2.75) is 5.75 Å². The van der Waals surface area contributed by atoms with Crippen molar-refractivity contribution in [1.82, 2.24) is 4.57 Å². The summed E-state index contributed by atoms with van der Waals surface area (Å²) in [6, 6.07) is 12.9. The van der Waals surface area contributed by atoms with Crippen LogP contribution in [0.3, 0.4) is 0 Å². The quantitative estimate of drug-likeness (QED) is 0.702. The van der Waals surface area contributed by atoms with E-state index in [0.29, 0.717) is 27.7 Å². The third-order valence-corrected chi connectivity index (χ3v) is 4.84. The highest BCUT2D eigenvalue weighted by molar-refractivity contribution is 7.83. The topological polar surface area (TPSA) is 51.1 Å². The number of carbonyl (C=O) groups excluding carboxylic acids is 1. The van der Waals surface area contributed by atoms with Gasteiger partial charge in [0.1, 0.15) is 5.82 Å². The molecule has 0 saturated heterocycles. The molecule has 0 radical (unpaired) electrons. The van der Waals surface area contributed by atoms with Crippen LogP contribution in [0.1, 0.15) is 15.9 Å². The monoisotopic (exact) mass is 390 g/mol. The SMILES string of the molecule is C[S@](=O)Cc1cc(NC(=O)c2ccc(-n3cccc3)c(F)c2)ccc1Cl. The molecule has 0 aliphatic carbocycles. The lowest BCUT2D eigenvalue weighted by atomic mass is 10.1. The summed E-state index contributed by atoms with van der Waals surface area (Å²) in [5.41, 5.74) is 1.76. The molecule has 134 valence electrons. The number of halogens is 2. The van der Waals surface area contributed by atoms with Crippen LogP contribution in [-0.4, -0.2) is 20.9 Å². The summed E-state index contributed by atoms with van der Waals surface area (Å²) in [6.07, 6.45) is 5.03. The highest BCUT2D eigenvalue weighted by Gasteiger charge is 2.12. The summed E-state index contributed by atoms with van der Waals surface area (Å²) in [5.74, 6) is -0.635. The summed E-state index contributed by atoms with van der Waals surface area (Å²) >= 11 is 6.08. The Balaban J connectivity index is 1.80. The van der Waals surface area contributed by atoms with Gasteiger partial charge >= 0.3 is 0 Å². The lowest BCUT2D eigenvalue weighted by molar-refractivity contribution is 0.102. The largest absolute Gasteiger partial charge is 0.322 e. The molecule has 1 heterocycles. The van der Waals surface area contributed by atoms with Gasteiger partial charge in [-0.05, 0) is 54.1 Å². The van der Waals surface area contributed by atoms with Gasteiger partial charge in [0.25, 0.3) is 5.91 Å². The minimum atomic E-state index is -1.05. The number of hydrogen-bond acceptors (Lipinski definition) is 2. The molecule has 7 heteroatoms. The molecule has 0 saturated carbocycles. The maximum Gasteiger partial charge on any atom is 0.255 e. The molecule has 0 spiro atoms. The second-order valence-corrected chi connectivity index (χ2v) is 7.58. The minimum absolute atomic E-state index is 0.203. The third kappa shape index (κ3) is 4.20. The van der Waals surface area contributed by atoms with Crippen LogP contribution in [0.15, 0.2) is 60.9 Å². The van der Waals surface area contributed by atoms with E-state index >= 15 is 0 Å². The summed E-state index contributed by atoms with van der Waals surface area (Å²) in [5, 5.41) is 3.20. The number of hydrogen-bond donors (Lipinski definition) is 1. The van der Waals surface area contributed by atoms with Crippen LogP contribution >= 0.6 is 11.6 Å². The van der Waals surface area contributed by atoms with Gasteiger partial charge in [-0.3, -0.25) is 9.00 Å². The summed E-state index contributed by atoms with van der Waals surface area (Å²) in [6.45, 7) is 0. The molecule has 1 N–H and O–H groups in total. The average molecular weight is 391 g/mol. The van der Waals surface area contributed by atoms with Gasteiger partial charge in [0.2, 0.25) is 0 Å². The molecular weight excluding hydrogens is 375 g/mol. The maximum atomic E-state index is 14.3. The Bertz CT molecular complexity index is 974. The highest BCUT2D eigenvalue weighted by Crippen LogP contribution is 2.23. The Kier molecular flexibility index (Phi) is 5.54. The van der Waals surface area contributed by atoms with Gasteiger partial charge < -0.3 is 9.88 Å². The fourth-order valence-electron chi connectivity index (χ4n) is 2.54. The molecule has 4 nitrogen and oxygen atoms in total. The highest BCUT2D eigenvalue weighted by atomic mass is 35.5. The fraction of sp³-hybridized carbons (Fsp3) is 0.105. The second kappa shape index (κ2) is 7.85. The van der Waals surface area contributed by atoms with Crippen molar-refractivity contribution in [2.24, 2.45) is 0 Å². The molecule has 3 aromatic rings. The van der Waals surface area contributed by atoms with E-state index in [2.05, 4.69) is 5.32 Å². The zero-order valence-corrected chi connectivity index (χ0v) is 15.5. The molecular formula is C19H16ClFN2O2S. The van der Waals surface area contributed by atoms with E-state index < -0.39 is 22.5 Å². The van der Waals surface area contributed by atoms with Crippen molar-refractivity contribution in [3.8, 4) is 5.69 Å². The molecule has 0 aliphatic heterocycles. The van der Waals surface area contributed by atoms with Crippen LogP contribution in [0.2, 0.25) is 5.02 Å². The third-order valence-electron chi connectivity index (χ3n) is 3.75. The van der Waals surface area contributed by atoms with Gasteiger partial charge in [0, 0.05) is 51.5 Å². The zero-order valence-electron chi connectivity index (χ0n) is 13.9. The molecule has 3 rings (SSSR count). The van der Waals surface area contributed by atoms with E-state index in [0.717, 1.165) is 0 Å². The first-order valence-electron chi connectivity index (χ1n) is 7.77. The van der Waals surface area contributed by atoms with Gasteiger partial charge in [-0.2, -0.15) is 0 Å². The van der Waals surface area contributed by atoms with Crippen molar-refractivity contribution in [1.29, 1.82) is 0 Å². The zero-order chi connectivity index (χ0) is 18.7. The van der Waals surface area contributed by atoms with Gasteiger partial charge in [-0.15, -0.1) is 0 Å². The molecule has 2 aromatic carbocycles. The summed E-state index contributed by atoms with van der Waals surface area (Å²) in [7, 11) is -1.05. The smallest absolute Gasteiger partial charge is 0.255 e. The molecule has 26 heavy (non-hydrogen) atoms. The molecule has 0 bridgehead atoms. The Morgan fingerprint density at radius 1 is 1.19 bits per heavy atom. The molecule has 1 amide bonds. The predicted molar refractivity (Wildman–Crippen MR) is 103 cm³/mol. The average Bonchev–Trinajstić information content (AvgIpc) is 3.11. The summed E-state index contributed by atoms with van der Waals surface area (Å²) < 4.78 is 27.4. The van der Waals surface area contributed by atoms with Crippen molar-refractivity contribution < 1.29 is 13.4 Å². The maximum absolute atomic E-state index is 14.3. The fourth-order valence-corrected chi connectivity index (χ4v) is 3.48. The van der Waals surface area contributed by atoms with Crippen LogP contribution < -0.4 is 5.32 Å². The van der Waals surface area contributed by atoms with Gasteiger partial charge in [-0.1, -0.05) is 11.6 Å². The Labute approximate surface area is 158 Å². The molecule has 0 aliphatic rings. The van der Waals surface area contributed by atoms with E-state index in [1.54, 1.807) is 65.7 Å². The number of amides is 1. The number of nitrogens with one attached hydrogen (secondary N) is 1. The first-order chi connectivity index (χ1) is 12.4. The Morgan fingerprint density at radius 2 is 1.92 bits per heavy atom. The predicted octanol–water partition coefficient (Wildman–Crippen LogP) is 4.40. The summed E-state index contributed by atoms with van der Waals surface area (Å²) in [4.78, 5) is 12.4. The number of anilines is 1. The Hall–Kier alpha value is -2.44. The first-order valence-corrected chi connectivity index (χ1v) is 9.87. The van der Waals surface area contributed by atoms with Crippen LogP contribution in [0.4, 0.5) is 10.1 Å². The standard InChI is InChI=1S/C19H16ClFN2O2S/c1-26(25)12-14-10-15(5-6-16(14)20)22-19(24)13-4-7-18(17(21)11-13)23-8-2-3-9-23/h2-11H,12H2,1H3,(H,22,24)/t26-/m0/s1. The van der Waals surface area contributed by atoms with Crippen LogP contribution in [-0.2, 0) is 16.6 Å². The van der Waals surface area contributed by atoms with E-state index in [9.17, 15) is 13.4 Å². The molecule has 0 fully saturated rings. The normalized spacial score (nSPS) is 12.0. The number of benzene rings is 2. The number of nitrogens with zero attached hydrogens (tertiary/aromatic N) is 1. The van der Waals surface area contributed by atoms with Crippen LogP contribution in [0.5, 0.6) is 0 Å². The van der Waals surface area contributed by atoms with Crippen LogP contribution in [0.25, 0.3) is 5.69 Å². The van der Waals surface area contributed by atoms with Gasteiger partial charge in [-0.25, -0.2) is 4.39 Å². The van der Waals surface area contributed by atoms with Gasteiger partial charge in [0.05, 0.1) is 5.69 Å². The van der Waals surface area contributed by atoms with E-state index in [4.69, 9.17) is 11.6 Å². The Morgan fingerprint density at radius 3 is 2.58 bits per heavy atom. The first kappa shape index (κ1) is 18.4. The van der Waals surface area contributed by atoms with Crippen molar-refractivity contribution >= 4 is 34.0 Å². The molecule has 1 atom stereocenters. The minimum Gasteiger partial charge on any atom is -0.322 e. The molecule has 1 aromatic heterocycles. The van der Waals surface area contributed by atoms with Crippen molar-refractivity contribution in [3.63, 3.8) is 0 Å². The van der Waals surface area contributed by atoms with Crippen LogP contribution in [0, 0.1) is 5.82 Å². The lowest BCUT2D eigenvalue weighted by Crippen LogP contribution is -2.13. The van der Waals surface area contributed by atoms with E-state index in [1.165, 1.54) is 6.07 Å². The second-order valence-electron chi connectivity index (χ2n) is 5.73. The number of aromatic nitrogens is 1. The lowest BCUT2D eigenvalue weighted by Gasteiger charge is -2.10. The van der Waals surface area contributed by atoms with Crippen molar-refractivity contribution in [2.75, 3.05) is 11.6 Å². The molecule has 0 unspecified atom stereocenters. The van der Waals surface area contributed by atoms with Crippen molar-refractivity contribution in [3.05, 3.63) is 82.9 Å². The van der Waals surface area contributed by atoms with Gasteiger partial charge in [0.15, 0.2) is 0 Å².